The first-order chi connectivity index (χ1) is 9.58. The van der Waals surface area contributed by atoms with Crippen molar-refractivity contribution in [3.05, 3.63) is 40.0 Å². The first-order valence-corrected chi connectivity index (χ1v) is 7.33. The van der Waals surface area contributed by atoms with Crippen LogP contribution < -0.4 is 10.5 Å². The number of hydrogen-bond acceptors (Lipinski definition) is 5. The summed E-state index contributed by atoms with van der Waals surface area (Å²) in [4.78, 5) is 4.09. The van der Waals surface area contributed by atoms with E-state index in [1.807, 2.05) is 18.2 Å². The normalized spacial score (nSPS) is 12.4. The standard InChI is InChI=1S/C14H18BrN3O2/c1-3-11(16)6-10-4-5-13(12(15)7-10)19-8-14-17-9(2)18-20-14/h4-5,7,11H,3,6,8,16H2,1-2H3. The van der Waals surface area contributed by atoms with E-state index in [1.165, 1.54) is 5.56 Å². The van der Waals surface area contributed by atoms with E-state index >= 15 is 0 Å². The van der Waals surface area contributed by atoms with Crippen LogP contribution in [0, 0.1) is 6.92 Å². The van der Waals surface area contributed by atoms with E-state index in [2.05, 4.69) is 33.0 Å². The van der Waals surface area contributed by atoms with Crippen molar-refractivity contribution in [3.8, 4) is 5.75 Å². The van der Waals surface area contributed by atoms with Crippen LogP contribution in [-0.2, 0) is 13.0 Å². The third-order valence-electron chi connectivity index (χ3n) is 2.94. The third-order valence-corrected chi connectivity index (χ3v) is 3.56. The Balaban J connectivity index is 1.98. The second kappa shape index (κ2) is 6.85. The van der Waals surface area contributed by atoms with Crippen LogP contribution in [0.25, 0.3) is 0 Å². The van der Waals surface area contributed by atoms with E-state index in [9.17, 15) is 0 Å². The van der Waals surface area contributed by atoms with Crippen molar-refractivity contribution in [2.45, 2.75) is 39.3 Å². The third kappa shape index (κ3) is 4.05. The van der Waals surface area contributed by atoms with Gasteiger partial charge >= 0.3 is 0 Å². The maximum atomic E-state index is 5.96. The van der Waals surface area contributed by atoms with Crippen LogP contribution in [0.3, 0.4) is 0 Å². The van der Waals surface area contributed by atoms with Crippen molar-refractivity contribution in [1.82, 2.24) is 10.1 Å². The molecule has 0 spiro atoms. The predicted molar refractivity (Wildman–Crippen MR) is 79.5 cm³/mol. The highest BCUT2D eigenvalue weighted by molar-refractivity contribution is 9.10. The fourth-order valence-electron chi connectivity index (χ4n) is 1.77. The number of ether oxygens (including phenoxy) is 1. The lowest BCUT2D eigenvalue weighted by Gasteiger charge is -2.11. The molecule has 2 aromatic rings. The molecule has 0 aliphatic rings. The Morgan fingerprint density at radius 3 is 2.85 bits per heavy atom. The number of rotatable bonds is 6. The number of benzene rings is 1. The summed E-state index contributed by atoms with van der Waals surface area (Å²) in [5.74, 6) is 1.81. The van der Waals surface area contributed by atoms with Gasteiger partial charge in [-0.2, -0.15) is 4.98 Å². The van der Waals surface area contributed by atoms with Gasteiger partial charge in [0.2, 0.25) is 0 Å². The lowest BCUT2D eigenvalue weighted by Crippen LogP contribution is -2.21. The molecule has 0 aliphatic heterocycles. The smallest absolute Gasteiger partial charge is 0.264 e. The average Bonchev–Trinajstić information content (AvgIpc) is 2.83. The average molecular weight is 340 g/mol. The molecule has 1 atom stereocenters. The number of nitrogens with two attached hydrogens (primary N) is 1. The summed E-state index contributed by atoms with van der Waals surface area (Å²) >= 11 is 3.51. The first kappa shape index (κ1) is 15.0. The summed E-state index contributed by atoms with van der Waals surface area (Å²) in [6.45, 7) is 4.12. The monoisotopic (exact) mass is 339 g/mol. The van der Waals surface area contributed by atoms with Crippen LogP contribution in [0.4, 0.5) is 0 Å². The van der Waals surface area contributed by atoms with Gasteiger partial charge in [-0.25, -0.2) is 0 Å². The molecule has 2 N–H and O–H groups in total. The predicted octanol–water partition coefficient (Wildman–Crippen LogP) is 3.00. The van der Waals surface area contributed by atoms with Gasteiger partial charge in [-0.05, 0) is 53.4 Å². The van der Waals surface area contributed by atoms with Gasteiger partial charge in [0.15, 0.2) is 12.4 Å². The Bertz CT molecular complexity index is 571. The molecule has 1 unspecified atom stereocenters. The largest absolute Gasteiger partial charge is 0.483 e. The van der Waals surface area contributed by atoms with E-state index in [1.54, 1.807) is 6.92 Å². The molecular weight excluding hydrogens is 322 g/mol. The van der Waals surface area contributed by atoms with E-state index in [-0.39, 0.29) is 12.6 Å². The molecule has 1 aromatic carbocycles. The highest BCUT2D eigenvalue weighted by Gasteiger charge is 2.08. The highest BCUT2D eigenvalue weighted by Crippen LogP contribution is 2.27. The minimum Gasteiger partial charge on any atom is -0.483 e. The summed E-state index contributed by atoms with van der Waals surface area (Å²) in [6, 6.07) is 6.17. The molecule has 1 heterocycles. The summed E-state index contributed by atoms with van der Waals surface area (Å²) in [5, 5.41) is 3.72. The van der Waals surface area contributed by atoms with Gasteiger partial charge in [-0.15, -0.1) is 0 Å². The topological polar surface area (TPSA) is 74.2 Å². The molecule has 0 fully saturated rings. The molecule has 0 saturated carbocycles. The van der Waals surface area contributed by atoms with Gasteiger partial charge in [0.1, 0.15) is 5.75 Å². The van der Waals surface area contributed by atoms with Gasteiger partial charge in [-0.1, -0.05) is 18.1 Å². The number of nitrogens with zero attached hydrogens (tertiary/aromatic N) is 2. The van der Waals surface area contributed by atoms with Gasteiger partial charge < -0.3 is 15.0 Å². The molecule has 2 rings (SSSR count). The lowest BCUT2D eigenvalue weighted by atomic mass is 10.0. The van der Waals surface area contributed by atoms with Crippen LogP contribution in [-0.4, -0.2) is 16.2 Å². The van der Waals surface area contributed by atoms with E-state index in [4.69, 9.17) is 15.0 Å². The molecule has 0 aliphatic carbocycles. The molecule has 5 nitrogen and oxygen atoms in total. The number of hydrogen-bond donors (Lipinski definition) is 1. The fraction of sp³-hybridized carbons (Fsp3) is 0.429. The van der Waals surface area contributed by atoms with E-state index < -0.39 is 0 Å². The van der Waals surface area contributed by atoms with Crippen LogP contribution in [0.2, 0.25) is 0 Å². The fourth-order valence-corrected chi connectivity index (χ4v) is 2.31. The van der Waals surface area contributed by atoms with Crippen LogP contribution in [0.15, 0.2) is 27.2 Å². The maximum Gasteiger partial charge on any atom is 0.264 e. The number of halogens is 1. The van der Waals surface area contributed by atoms with Crippen molar-refractivity contribution in [2.75, 3.05) is 0 Å². The Kier molecular flexibility index (Phi) is 5.14. The zero-order valence-electron chi connectivity index (χ0n) is 11.6. The summed E-state index contributed by atoms with van der Waals surface area (Å²) in [6.07, 6.45) is 1.82. The Hall–Kier alpha value is -1.40. The number of aromatic nitrogens is 2. The van der Waals surface area contributed by atoms with Crippen LogP contribution in [0.1, 0.15) is 30.6 Å². The molecular formula is C14H18BrN3O2. The summed E-state index contributed by atoms with van der Waals surface area (Å²) < 4.78 is 11.5. The van der Waals surface area contributed by atoms with Crippen molar-refractivity contribution in [1.29, 1.82) is 0 Å². The minimum atomic E-state index is 0.190. The second-order valence-electron chi connectivity index (χ2n) is 4.66. The van der Waals surface area contributed by atoms with Crippen molar-refractivity contribution in [3.63, 3.8) is 0 Å². The summed E-state index contributed by atoms with van der Waals surface area (Å²) in [7, 11) is 0. The molecule has 0 bridgehead atoms. The summed E-state index contributed by atoms with van der Waals surface area (Å²) in [5.41, 5.74) is 7.14. The maximum absolute atomic E-state index is 5.96. The minimum absolute atomic E-state index is 0.190. The zero-order valence-corrected chi connectivity index (χ0v) is 13.2. The number of aryl methyl sites for hydroxylation is 1. The lowest BCUT2D eigenvalue weighted by molar-refractivity contribution is 0.241. The molecule has 6 heteroatoms. The Morgan fingerprint density at radius 1 is 1.45 bits per heavy atom. The molecule has 1 aromatic heterocycles. The molecule has 0 radical (unpaired) electrons. The van der Waals surface area contributed by atoms with Crippen molar-refractivity contribution >= 4 is 15.9 Å². The van der Waals surface area contributed by atoms with Gasteiger partial charge in [0.05, 0.1) is 4.47 Å². The van der Waals surface area contributed by atoms with Crippen LogP contribution >= 0.6 is 15.9 Å². The van der Waals surface area contributed by atoms with Crippen LogP contribution in [0.5, 0.6) is 5.75 Å². The van der Waals surface area contributed by atoms with Gasteiger partial charge in [-0.3, -0.25) is 0 Å². The highest BCUT2D eigenvalue weighted by atomic mass is 79.9. The van der Waals surface area contributed by atoms with Gasteiger partial charge in [0, 0.05) is 6.04 Å². The SMILES string of the molecule is CCC(N)Cc1ccc(OCc2nc(C)no2)c(Br)c1. The molecule has 20 heavy (non-hydrogen) atoms. The van der Waals surface area contributed by atoms with E-state index in [0.717, 1.165) is 23.1 Å². The molecule has 0 amide bonds. The quantitative estimate of drug-likeness (QED) is 0.875. The van der Waals surface area contributed by atoms with Crippen molar-refractivity contribution in [2.24, 2.45) is 5.73 Å². The zero-order chi connectivity index (χ0) is 14.5. The Morgan fingerprint density at radius 2 is 2.25 bits per heavy atom. The Labute approximate surface area is 126 Å². The molecule has 108 valence electrons. The second-order valence-corrected chi connectivity index (χ2v) is 5.52. The first-order valence-electron chi connectivity index (χ1n) is 6.54. The molecule has 0 saturated heterocycles. The van der Waals surface area contributed by atoms with Gasteiger partial charge in [0.25, 0.3) is 5.89 Å². The van der Waals surface area contributed by atoms with E-state index in [0.29, 0.717) is 11.7 Å². The van der Waals surface area contributed by atoms with Crippen molar-refractivity contribution < 1.29 is 9.26 Å².